The minimum atomic E-state index is -3.78. The molecular formula is C18H17FN2O3S. The first-order chi connectivity index (χ1) is 12.0. The fourth-order valence-electron chi connectivity index (χ4n) is 2.67. The van der Waals surface area contributed by atoms with Gasteiger partial charge in [-0.1, -0.05) is 42.5 Å². The van der Waals surface area contributed by atoms with Crippen molar-refractivity contribution in [2.45, 2.75) is 12.5 Å². The molecule has 1 N–H and O–H groups in total. The summed E-state index contributed by atoms with van der Waals surface area (Å²) >= 11 is 0. The largest absolute Gasteiger partial charge is 0.308 e. The highest BCUT2D eigenvalue weighted by molar-refractivity contribution is 7.92. The van der Waals surface area contributed by atoms with Crippen LogP contribution in [0.2, 0.25) is 0 Å². The van der Waals surface area contributed by atoms with E-state index in [2.05, 4.69) is 4.72 Å². The van der Waals surface area contributed by atoms with Crippen LogP contribution in [0, 0.1) is 5.82 Å². The van der Waals surface area contributed by atoms with E-state index in [9.17, 15) is 17.6 Å². The van der Waals surface area contributed by atoms with E-state index in [1.165, 1.54) is 29.2 Å². The fourth-order valence-corrected chi connectivity index (χ4v) is 3.70. The Morgan fingerprint density at radius 2 is 1.76 bits per heavy atom. The van der Waals surface area contributed by atoms with E-state index in [-0.39, 0.29) is 18.7 Å². The van der Waals surface area contributed by atoms with E-state index in [1.807, 2.05) is 6.07 Å². The second kappa shape index (κ2) is 7.16. The summed E-state index contributed by atoms with van der Waals surface area (Å²) in [7, 11) is -3.78. The lowest BCUT2D eigenvalue weighted by atomic mass is 10.2. The highest BCUT2D eigenvalue weighted by atomic mass is 32.2. The molecule has 0 spiro atoms. The van der Waals surface area contributed by atoms with Gasteiger partial charge in [0, 0.05) is 12.0 Å². The Balaban J connectivity index is 1.70. The van der Waals surface area contributed by atoms with Crippen molar-refractivity contribution in [1.29, 1.82) is 0 Å². The second-order valence-corrected chi connectivity index (χ2v) is 7.26. The van der Waals surface area contributed by atoms with E-state index < -0.39 is 27.8 Å². The SMILES string of the molecule is O=C1C(NS(=O)(=O)/C=C/c2ccccc2)CCN1c1ccccc1F. The summed E-state index contributed by atoms with van der Waals surface area (Å²) in [6, 6.07) is 14.0. The topological polar surface area (TPSA) is 66.5 Å². The Labute approximate surface area is 145 Å². The van der Waals surface area contributed by atoms with Gasteiger partial charge in [-0.25, -0.2) is 12.8 Å². The number of hydrogen-bond acceptors (Lipinski definition) is 3. The number of para-hydroxylation sites is 1. The summed E-state index contributed by atoms with van der Waals surface area (Å²) in [4.78, 5) is 13.7. The van der Waals surface area contributed by atoms with Crippen molar-refractivity contribution in [3.8, 4) is 0 Å². The zero-order valence-corrected chi connectivity index (χ0v) is 14.1. The number of carbonyl (C=O) groups is 1. The lowest BCUT2D eigenvalue weighted by molar-refractivity contribution is -0.118. The first kappa shape index (κ1) is 17.3. The summed E-state index contributed by atoms with van der Waals surface area (Å²) in [6.45, 7) is 0.259. The quantitative estimate of drug-likeness (QED) is 0.891. The lowest BCUT2D eigenvalue weighted by Crippen LogP contribution is -2.40. The van der Waals surface area contributed by atoms with E-state index in [4.69, 9.17) is 0 Å². The maximum atomic E-state index is 13.8. The zero-order valence-electron chi connectivity index (χ0n) is 13.3. The van der Waals surface area contributed by atoms with Crippen LogP contribution in [0.5, 0.6) is 0 Å². The van der Waals surface area contributed by atoms with Gasteiger partial charge >= 0.3 is 0 Å². The molecule has 1 heterocycles. The Kier molecular flexibility index (Phi) is 4.96. The highest BCUT2D eigenvalue weighted by Crippen LogP contribution is 2.24. The molecule has 1 atom stereocenters. The number of sulfonamides is 1. The maximum absolute atomic E-state index is 13.8. The molecule has 2 aromatic carbocycles. The molecule has 130 valence electrons. The fraction of sp³-hybridized carbons (Fsp3) is 0.167. The van der Waals surface area contributed by atoms with Gasteiger partial charge in [0.05, 0.1) is 5.69 Å². The Hall–Kier alpha value is -2.51. The van der Waals surface area contributed by atoms with Crippen LogP contribution in [0.15, 0.2) is 60.0 Å². The van der Waals surface area contributed by atoms with Crippen LogP contribution in [0.25, 0.3) is 6.08 Å². The van der Waals surface area contributed by atoms with Crippen LogP contribution in [0.3, 0.4) is 0 Å². The molecule has 1 saturated heterocycles. The highest BCUT2D eigenvalue weighted by Gasteiger charge is 2.35. The van der Waals surface area contributed by atoms with Gasteiger partial charge in [0.1, 0.15) is 11.9 Å². The van der Waals surface area contributed by atoms with Crippen LogP contribution in [0.1, 0.15) is 12.0 Å². The molecule has 7 heteroatoms. The maximum Gasteiger partial charge on any atom is 0.245 e. The predicted octanol–water partition coefficient (Wildman–Crippen LogP) is 2.52. The third-order valence-electron chi connectivity index (χ3n) is 3.89. The Bertz CT molecular complexity index is 898. The van der Waals surface area contributed by atoms with Crippen LogP contribution in [-0.2, 0) is 14.8 Å². The second-order valence-electron chi connectivity index (χ2n) is 5.66. The van der Waals surface area contributed by atoms with Gasteiger partial charge in [0.2, 0.25) is 15.9 Å². The average Bonchev–Trinajstić information content (AvgIpc) is 2.95. The number of carbonyl (C=O) groups excluding carboxylic acids is 1. The third kappa shape index (κ3) is 4.12. The van der Waals surface area contributed by atoms with Gasteiger partial charge in [-0.2, -0.15) is 4.72 Å². The molecule has 1 fully saturated rings. The summed E-state index contributed by atoms with van der Waals surface area (Å²) < 4.78 is 40.6. The van der Waals surface area contributed by atoms with Gasteiger partial charge in [0.25, 0.3) is 0 Å². The third-order valence-corrected chi connectivity index (χ3v) is 5.00. The normalized spacial score (nSPS) is 18.2. The average molecular weight is 360 g/mol. The smallest absolute Gasteiger partial charge is 0.245 e. The number of benzene rings is 2. The van der Waals surface area contributed by atoms with Crippen molar-refractivity contribution in [3.63, 3.8) is 0 Å². The number of nitrogens with zero attached hydrogens (tertiary/aromatic N) is 1. The molecular weight excluding hydrogens is 343 g/mol. The molecule has 0 aliphatic carbocycles. The van der Waals surface area contributed by atoms with Crippen molar-refractivity contribution < 1.29 is 17.6 Å². The Morgan fingerprint density at radius 1 is 1.08 bits per heavy atom. The number of amides is 1. The monoisotopic (exact) mass is 360 g/mol. The predicted molar refractivity (Wildman–Crippen MR) is 94.7 cm³/mol. The van der Waals surface area contributed by atoms with Crippen molar-refractivity contribution in [2.75, 3.05) is 11.4 Å². The number of anilines is 1. The molecule has 0 bridgehead atoms. The summed E-state index contributed by atoms with van der Waals surface area (Å²) in [6.07, 6.45) is 1.74. The van der Waals surface area contributed by atoms with Crippen LogP contribution in [-0.4, -0.2) is 26.9 Å². The van der Waals surface area contributed by atoms with E-state index in [0.717, 1.165) is 11.0 Å². The molecule has 5 nitrogen and oxygen atoms in total. The van der Waals surface area contributed by atoms with E-state index >= 15 is 0 Å². The van der Waals surface area contributed by atoms with Crippen LogP contribution < -0.4 is 9.62 Å². The van der Waals surface area contributed by atoms with Crippen molar-refractivity contribution in [1.82, 2.24) is 4.72 Å². The van der Waals surface area contributed by atoms with Crippen LogP contribution in [0.4, 0.5) is 10.1 Å². The van der Waals surface area contributed by atoms with Gasteiger partial charge < -0.3 is 4.90 Å². The van der Waals surface area contributed by atoms with Crippen molar-refractivity contribution in [3.05, 3.63) is 71.4 Å². The number of nitrogens with one attached hydrogen (secondary N) is 1. The summed E-state index contributed by atoms with van der Waals surface area (Å²) in [5.41, 5.74) is 0.896. The lowest BCUT2D eigenvalue weighted by Gasteiger charge is -2.17. The molecule has 1 amide bonds. The minimum Gasteiger partial charge on any atom is -0.308 e. The molecule has 25 heavy (non-hydrogen) atoms. The van der Waals surface area contributed by atoms with Crippen molar-refractivity contribution >= 4 is 27.7 Å². The zero-order chi connectivity index (χ0) is 17.9. The number of halogens is 1. The van der Waals surface area contributed by atoms with E-state index in [1.54, 1.807) is 30.3 Å². The van der Waals surface area contributed by atoms with Crippen LogP contribution >= 0.6 is 0 Å². The van der Waals surface area contributed by atoms with Gasteiger partial charge in [-0.05, 0) is 30.2 Å². The van der Waals surface area contributed by atoms with Crippen molar-refractivity contribution in [2.24, 2.45) is 0 Å². The molecule has 3 rings (SSSR count). The molecule has 1 unspecified atom stereocenters. The molecule has 0 saturated carbocycles. The standard InChI is InChI=1S/C18H17FN2O3S/c19-15-8-4-5-9-17(15)21-12-10-16(18(21)22)20-25(23,24)13-11-14-6-2-1-3-7-14/h1-9,11,13,16,20H,10,12H2/b13-11+. The van der Waals surface area contributed by atoms with Gasteiger partial charge in [-0.3, -0.25) is 4.79 Å². The number of rotatable bonds is 5. The Morgan fingerprint density at radius 3 is 2.48 bits per heavy atom. The molecule has 0 aromatic heterocycles. The molecule has 1 aliphatic rings. The molecule has 1 aliphatic heterocycles. The van der Waals surface area contributed by atoms with Gasteiger partial charge in [0.15, 0.2) is 0 Å². The molecule has 0 radical (unpaired) electrons. The minimum absolute atomic E-state index is 0.161. The first-order valence-electron chi connectivity index (χ1n) is 7.78. The van der Waals surface area contributed by atoms with Gasteiger partial charge in [-0.15, -0.1) is 0 Å². The molecule has 2 aromatic rings. The summed E-state index contributed by atoms with van der Waals surface area (Å²) in [5, 5.41) is 1.03. The number of hydrogen-bond donors (Lipinski definition) is 1. The van der Waals surface area contributed by atoms with E-state index in [0.29, 0.717) is 0 Å². The first-order valence-corrected chi connectivity index (χ1v) is 9.32. The summed E-state index contributed by atoms with van der Waals surface area (Å²) in [5.74, 6) is -0.967.